The minimum absolute atomic E-state index is 0.0872. The topological polar surface area (TPSA) is 112 Å². The second-order valence-electron chi connectivity index (χ2n) is 5.80. The van der Waals surface area contributed by atoms with Crippen LogP contribution in [0.5, 0.6) is 0 Å². The minimum atomic E-state index is -4.79. The van der Waals surface area contributed by atoms with Crippen molar-refractivity contribution in [3.63, 3.8) is 0 Å². The molecule has 0 aromatic heterocycles. The summed E-state index contributed by atoms with van der Waals surface area (Å²) in [7, 11) is -4.45. The number of halogens is 1. The standard InChI is InChI=1S/C16H20INO6S3/c1-26(2)10-6-5-9-15(20)25-13-8-4-3-7-12(13)16(21)18(17)14(19)11-27(22,23)24/h3-4,7-8H,5-6,9-11H2,1-2H3. The summed E-state index contributed by atoms with van der Waals surface area (Å²) in [6.45, 7) is 0. The summed E-state index contributed by atoms with van der Waals surface area (Å²) in [6, 6.07) is 6.27. The molecule has 1 rings (SSSR count). The third kappa shape index (κ3) is 9.41. The predicted octanol–water partition coefficient (Wildman–Crippen LogP) is 2.22. The molecule has 0 aliphatic rings. The van der Waals surface area contributed by atoms with Gasteiger partial charge in [0.2, 0.25) is 0 Å². The first kappa shape index (κ1) is 24.4. The highest BCUT2D eigenvalue weighted by Gasteiger charge is 2.25. The van der Waals surface area contributed by atoms with Crippen LogP contribution in [0.4, 0.5) is 0 Å². The van der Waals surface area contributed by atoms with Crippen molar-refractivity contribution < 1.29 is 27.4 Å². The van der Waals surface area contributed by atoms with E-state index < -0.39 is 27.7 Å². The lowest BCUT2D eigenvalue weighted by molar-refractivity contribution is -0.121. The number of imide groups is 1. The lowest BCUT2D eigenvalue weighted by Gasteiger charge is -2.16. The molecule has 0 saturated heterocycles. The molecule has 0 aliphatic carbocycles. The van der Waals surface area contributed by atoms with Gasteiger partial charge in [-0.25, -0.2) is 11.5 Å². The molecule has 27 heavy (non-hydrogen) atoms. The Hall–Kier alpha value is -0.630. The zero-order valence-corrected chi connectivity index (χ0v) is 19.5. The van der Waals surface area contributed by atoms with Gasteiger partial charge in [0, 0.05) is 11.3 Å². The molecule has 1 aromatic carbocycles. The van der Waals surface area contributed by atoms with Gasteiger partial charge in [-0.3, -0.25) is 14.4 Å². The van der Waals surface area contributed by atoms with Gasteiger partial charge in [-0.2, -0.15) is 0 Å². The summed E-state index contributed by atoms with van der Waals surface area (Å²) >= 11 is 2.28. The summed E-state index contributed by atoms with van der Waals surface area (Å²) < 4.78 is 32.7. The zero-order chi connectivity index (χ0) is 20.6. The maximum absolute atomic E-state index is 12.5. The van der Waals surface area contributed by atoms with E-state index in [4.69, 9.17) is 0 Å². The molecule has 0 radical (unpaired) electrons. The lowest BCUT2D eigenvalue weighted by atomic mass is 10.2. The van der Waals surface area contributed by atoms with Gasteiger partial charge in [-0.15, -0.1) is 0 Å². The Morgan fingerprint density at radius 3 is 2.41 bits per heavy atom. The van der Waals surface area contributed by atoms with Gasteiger partial charge in [-0.1, -0.05) is 23.9 Å². The van der Waals surface area contributed by atoms with Crippen LogP contribution in [-0.2, 0) is 30.6 Å². The van der Waals surface area contributed by atoms with Gasteiger partial charge in [0.15, 0.2) is 5.12 Å². The largest absolute Gasteiger partial charge is 0.748 e. The van der Waals surface area contributed by atoms with Crippen LogP contribution in [0.3, 0.4) is 0 Å². The van der Waals surface area contributed by atoms with E-state index in [1.54, 1.807) is 18.2 Å². The first-order chi connectivity index (χ1) is 12.5. The van der Waals surface area contributed by atoms with Crippen LogP contribution >= 0.6 is 34.6 Å². The maximum Gasteiger partial charge on any atom is 0.270 e. The van der Waals surface area contributed by atoms with E-state index in [0.717, 1.165) is 30.4 Å². The van der Waals surface area contributed by atoms with Crippen LogP contribution in [0.2, 0.25) is 0 Å². The smallest absolute Gasteiger partial charge is 0.270 e. The van der Waals surface area contributed by atoms with Gasteiger partial charge < -0.3 is 4.55 Å². The van der Waals surface area contributed by atoms with Crippen LogP contribution in [0.25, 0.3) is 0 Å². The van der Waals surface area contributed by atoms with Crippen molar-refractivity contribution in [2.45, 2.75) is 24.2 Å². The molecular weight excluding hydrogens is 525 g/mol. The number of nitrogens with zero attached hydrogens (tertiary/aromatic N) is 1. The average Bonchev–Trinajstić information content (AvgIpc) is 2.56. The SMILES string of the molecule is C[S+](C)CCCCC(=O)Sc1ccccc1C(=O)N(I)C(=O)CS(=O)(=O)[O-]. The van der Waals surface area contributed by atoms with E-state index in [-0.39, 0.29) is 10.7 Å². The number of carbonyl (C=O) groups is 3. The summed E-state index contributed by atoms with van der Waals surface area (Å²) in [4.78, 5) is 36.8. The quantitative estimate of drug-likeness (QED) is 0.117. The van der Waals surface area contributed by atoms with Crippen LogP contribution in [0.1, 0.15) is 29.6 Å². The van der Waals surface area contributed by atoms with Gasteiger partial charge >= 0.3 is 0 Å². The number of hydrogen-bond donors (Lipinski definition) is 0. The number of thioether (sulfide) groups is 1. The molecule has 0 spiro atoms. The molecule has 0 saturated carbocycles. The fraction of sp³-hybridized carbons (Fsp3) is 0.438. The Labute approximate surface area is 180 Å². The molecule has 0 fully saturated rings. The molecule has 0 atom stereocenters. The molecular formula is C16H20INO6S3. The molecule has 0 bridgehead atoms. The van der Waals surface area contributed by atoms with Crippen molar-refractivity contribution >= 4 is 72.6 Å². The summed E-state index contributed by atoms with van der Waals surface area (Å²) in [5.41, 5.74) is 0.102. The first-order valence-corrected chi connectivity index (χ1v) is 13.4. The van der Waals surface area contributed by atoms with E-state index >= 15 is 0 Å². The molecule has 11 heteroatoms. The molecule has 7 nitrogen and oxygen atoms in total. The van der Waals surface area contributed by atoms with Gasteiger partial charge in [0.05, 0.1) is 40.9 Å². The van der Waals surface area contributed by atoms with Crippen molar-refractivity contribution in [3.8, 4) is 0 Å². The minimum Gasteiger partial charge on any atom is -0.748 e. The summed E-state index contributed by atoms with van der Waals surface area (Å²) in [5.74, 6) is -2.13. The number of rotatable bonds is 9. The number of amides is 2. The van der Waals surface area contributed by atoms with E-state index in [9.17, 15) is 27.4 Å². The highest BCUT2D eigenvalue weighted by atomic mass is 127. The Morgan fingerprint density at radius 1 is 1.19 bits per heavy atom. The average molecular weight is 545 g/mol. The Bertz CT molecular complexity index is 797. The van der Waals surface area contributed by atoms with Crippen molar-refractivity contribution in [2.75, 3.05) is 24.0 Å². The number of benzene rings is 1. The number of unbranched alkanes of at least 4 members (excludes halogenated alkanes) is 1. The predicted molar refractivity (Wildman–Crippen MR) is 115 cm³/mol. The Morgan fingerprint density at radius 2 is 1.81 bits per heavy atom. The Kier molecular flexibility index (Phi) is 10.3. The zero-order valence-electron chi connectivity index (χ0n) is 14.8. The van der Waals surface area contributed by atoms with Crippen LogP contribution in [-0.4, -0.2) is 57.0 Å². The van der Waals surface area contributed by atoms with Crippen molar-refractivity contribution in [2.24, 2.45) is 0 Å². The van der Waals surface area contributed by atoms with E-state index in [2.05, 4.69) is 12.5 Å². The van der Waals surface area contributed by atoms with Crippen molar-refractivity contribution in [1.82, 2.24) is 3.11 Å². The fourth-order valence-electron chi connectivity index (χ4n) is 1.99. The monoisotopic (exact) mass is 545 g/mol. The molecule has 0 aliphatic heterocycles. The van der Waals surface area contributed by atoms with Crippen LogP contribution in [0, 0.1) is 0 Å². The normalized spacial score (nSPS) is 11.4. The number of hydrogen-bond acceptors (Lipinski definition) is 7. The summed E-state index contributed by atoms with van der Waals surface area (Å²) in [6.07, 6.45) is 6.40. The van der Waals surface area contributed by atoms with Gasteiger partial charge in [0.25, 0.3) is 11.8 Å². The number of carbonyl (C=O) groups excluding carboxylic acids is 3. The fourth-order valence-corrected chi connectivity index (χ4v) is 4.77. The highest BCUT2D eigenvalue weighted by Crippen LogP contribution is 2.27. The lowest BCUT2D eigenvalue weighted by Crippen LogP contribution is -2.33. The van der Waals surface area contributed by atoms with E-state index in [1.165, 1.54) is 28.9 Å². The second-order valence-corrected chi connectivity index (χ2v) is 11.6. The summed E-state index contributed by atoms with van der Waals surface area (Å²) in [5, 5.41) is -0.0872. The first-order valence-electron chi connectivity index (χ1n) is 7.82. The van der Waals surface area contributed by atoms with Gasteiger partial charge in [-0.05, 0) is 35.9 Å². The van der Waals surface area contributed by atoms with Gasteiger partial charge in [0.1, 0.15) is 21.6 Å². The molecule has 150 valence electrons. The van der Waals surface area contributed by atoms with Crippen LogP contribution in [0.15, 0.2) is 29.2 Å². The Balaban J connectivity index is 2.79. The third-order valence-corrected chi connectivity index (χ3v) is 6.91. The highest BCUT2D eigenvalue weighted by molar-refractivity contribution is 14.1. The molecule has 0 N–H and O–H groups in total. The van der Waals surface area contributed by atoms with E-state index in [1.807, 2.05) is 0 Å². The molecule has 1 aromatic rings. The molecule has 0 unspecified atom stereocenters. The molecule has 2 amide bonds. The third-order valence-electron chi connectivity index (χ3n) is 3.22. The molecule has 0 heterocycles. The van der Waals surface area contributed by atoms with Crippen molar-refractivity contribution in [3.05, 3.63) is 29.8 Å². The second kappa shape index (κ2) is 11.4. The van der Waals surface area contributed by atoms with E-state index in [0.29, 0.717) is 25.3 Å². The van der Waals surface area contributed by atoms with Crippen LogP contribution < -0.4 is 0 Å². The van der Waals surface area contributed by atoms with Crippen molar-refractivity contribution in [1.29, 1.82) is 0 Å². The maximum atomic E-state index is 12.5.